The second-order valence-electron chi connectivity index (χ2n) is 5.44. The van der Waals surface area contributed by atoms with Gasteiger partial charge < -0.3 is 15.4 Å². The molecule has 2 rings (SSSR count). The fourth-order valence-corrected chi connectivity index (χ4v) is 2.15. The van der Waals surface area contributed by atoms with Crippen molar-refractivity contribution in [1.82, 2.24) is 5.32 Å². The Labute approximate surface area is 153 Å². The van der Waals surface area contributed by atoms with E-state index in [0.717, 1.165) is 5.56 Å². The van der Waals surface area contributed by atoms with E-state index in [0.29, 0.717) is 11.3 Å². The van der Waals surface area contributed by atoms with Crippen molar-refractivity contribution in [2.75, 3.05) is 12.4 Å². The van der Waals surface area contributed by atoms with Crippen LogP contribution in [0.1, 0.15) is 11.1 Å². The third-order valence-electron chi connectivity index (χ3n) is 3.50. The SMILES string of the molecule is COc1cccc(/C=C/C(=O)NCc2ccccc2NC(=O)C(F)(F)F)c1. The largest absolute Gasteiger partial charge is 0.497 e. The molecule has 5 nitrogen and oxygen atoms in total. The van der Waals surface area contributed by atoms with Crippen LogP contribution in [0, 0.1) is 0 Å². The number of halogens is 3. The summed E-state index contributed by atoms with van der Waals surface area (Å²) in [6, 6.07) is 13.0. The summed E-state index contributed by atoms with van der Waals surface area (Å²) < 4.78 is 42.3. The van der Waals surface area contributed by atoms with Crippen molar-refractivity contribution in [2.24, 2.45) is 0 Å². The van der Waals surface area contributed by atoms with Crippen LogP contribution < -0.4 is 15.4 Å². The molecule has 0 unspecified atom stereocenters. The van der Waals surface area contributed by atoms with Crippen LogP contribution in [0.25, 0.3) is 6.08 Å². The summed E-state index contributed by atoms with van der Waals surface area (Å²) in [7, 11) is 1.53. The zero-order valence-electron chi connectivity index (χ0n) is 14.3. The van der Waals surface area contributed by atoms with E-state index in [-0.39, 0.29) is 12.2 Å². The zero-order valence-corrected chi connectivity index (χ0v) is 14.3. The summed E-state index contributed by atoms with van der Waals surface area (Å²) in [6.07, 6.45) is -2.11. The third kappa shape index (κ3) is 6.18. The zero-order chi connectivity index (χ0) is 19.9. The lowest BCUT2D eigenvalue weighted by molar-refractivity contribution is -0.167. The van der Waals surface area contributed by atoms with Gasteiger partial charge in [-0.15, -0.1) is 0 Å². The van der Waals surface area contributed by atoms with Gasteiger partial charge in [0.2, 0.25) is 5.91 Å². The monoisotopic (exact) mass is 378 g/mol. The number of anilines is 1. The van der Waals surface area contributed by atoms with Crippen LogP contribution in [0.15, 0.2) is 54.6 Å². The first kappa shape index (κ1) is 20.0. The molecule has 0 radical (unpaired) electrons. The third-order valence-corrected chi connectivity index (χ3v) is 3.50. The van der Waals surface area contributed by atoms with Crippen molar-refractivity contribution in [1.29, 1.82) is 0 Å². The summed E-state index contributed by atoms with van der Waals surface area (Å²) >= 11 is 0. The number of para-hydroxylation sites is 1. The summed E-state index contributed by atoms with van der Waals surface area (Å²) in [6.45, 7) is -0.0460. The Morgan fingerprint density at radius 1 is 1.11 bits per heavy atom. The van der Waals surface area contributed by atoms with Crippen LogP contribution in [0.5, 0.6) is 5.75 Å². The molecule has 0 aliphatic rings. The molecule has 27 heavy (non-hydrogen) atoms. The van der Waals surface area contributed by atoms with E-state index >= 15 is 0 Å². The van der Waals surface area contributed by atoms with Crippen molar-refractivity contribution in [3.63, 3.8) is 0 Å². The minimum Gasteiger partial charge on any atom is -0.497 e. The number of hydrogen-bond acceptors (Lipinski definition) is 3. The maximum absolute atomic E-state index is 12.4. The Hall–Kier alpha value is -3.29. The van der Waals surface area contributed by atoms with Gasteiger partial charge in [0.15, 0.2) is 0 Å². The first-order valence-corrected chi connectivity index (χ1v) is 7.85. The summed E-state index contributed by atoms with van der Waals surface area (Å²) in [4.78, 5) is 23.0. The molecule has 2 aromatic rings. The predicted octanol–water partition coefficient (Wildman–Crippen LogP) is 3.53. The van der Waals surface area contributed by atoms with Crippen molar-refractivity contribution < 1.29 is 27.5 Å². The van der Waals surface area contributed by atoms with Gasteiger partial charge in [0.1, 0.15) is 5.75 Å². The average molecular weight is 378 g/mol. The fourth-order valence-electron chi connectivity index (χ4n) is 2.15. The molecule has 0 heterocycles. The Balaban J connectivity index is 1.99. The number of carbonyl (C=O) groups is 2. The lowest BCUT2D eigenvalue weighted by atomic mass is 10.1. The Morgan fingerprint density at radius 2 is 1.85 bits per heavy atom. The maximum atomic E-state index is 12.4. The minimum absolute atomic E-state index is 0.0168. The first-order valence-electron chi connectivity index (χ1n) is 7.85. The van der Waals surface area contributed by atoms with Crippen LogP contribution in [-0.2, 0) is 16.1 Å². The summed E-state index contributed by atoms with van der Waals surface area (Å²) in [5, 5.41) is 4.36. The Kier molecular flexibility index (Phi) is 6.59. The van der Waals surface area contributed by atoms with E-state index in [9.17, 15) is 22.8 Å². The lowest BCUT2D eigenvalue weighted by Gasteiger charge is -2.12. The van der Waals surface area contributed by atoms with Crippen LogP contribution in [0.3, 0.4) is 0 Å². The van der Waals surface area contributed by atoms with E-state index in [1.54, 1.807) is 41.7 Å². The average Bonchev–Trinajstić information content (AvgIpc) is 2.65. The second-order valence-corrected chi connectivity index (χ2v) is 5.44. The number of rotatable bonds is 6. The topological polar surface area (TPSA) is 67.4 Å². The van der Waals surface area contributed by atoms with Gasteiger partial charge in [0, 0.05) is 18.3 Å². The van der Waals surface area contributed by atoms with Crippen molar-refractivity contribution in [3.05, 3.63) is 65.7 Å². The van der Waals surface area contributed by atoms with Gasteiger partial charge in [0.05, 0.1) is 7.11 Å². The predicted molar refractivity (Wildman–Crippen MR) is 95.0 cm³/mol. The number of hydrogen-bond donors (Lipinski definition) is 2. The fraction of sp³-hybridized carbons (Fsp3) is 0.158. The van der Waals surface area contributed by atoms with Crippen LogP contribution in [0.2, 0.25) is 0 Å². The molecule has 0 saturated heterocycles. The Morgan fingerprint density at radius 3 is 2.56 bits per heavy atom. The number of amides is 2. The highest BCUT2D eigenvalue weighted by molar-refractivity contribution is 5.96. The highest BCUT2D eigenvalue weighted by atomic mass is 19.4. The van der Waals surface area contributed by atoms with Gasteiger partial charge in [0.25, 0.3) is 0 Å². The second kappa shape index (κ2) is 8.88. The van der Waals surface area contributed by atoms with Crippen molar-refractivity contribution in [3.8, 4) is 5.75 Å². The van der Waals surface area contributed by atoms with Gasteiger partial charge in [-0.1, -0.05) is 30.3 Å². The molecule has 0 atom stereocenters. The Bertz CT molecular complexity index is 848. The quantitative estimate of drug-likeness (QED) is 0.756. The maximum Gasteiger partial charge on any atom is 0.471 e. The van der Waals surface area contributed by atoms with Gasteiger partial charge in [-0.25, -0.2) is 0 Å². The minimum atomic E-state index is -4.99. The van der Waals surface area contributed by atoms with Crippen molar-refractivity contribution >= 4 is 23.6 Å². The highest BCUT2D eigenvalue weighted by Gasteiger charge is 2.38. The smallest absolute Gasteiger partial charge is 0.471 e. The molecule has 2 N–H and O–H groups in total. The van der Waals surface area contributed by atoms with E-state index in [1.165, 1.54) is 31.4 Å². The molecule has 0 spiro atoms. The molecule has 0 aliphatic carbocycles. The van der Waals surface area contributed by atoms with E-state index < -0.39 is 18.0 Å². The van der Waals surface area contributed by atoms with Gasteiger partial charge in [-0.05, 0) is 35.4 Å². The van der Waals surface area contributed by atoms with E-state index in [1.807, 2.05) is 0 Å². The van der Waals surface area contributed by atoms with Gasteiger partial charge in [-0.3, -0.25) is 9.59 Å². The number of alkyl halides is 3. The van der Waals surface area contributed by atoms with Crippen LogP contribution in [-0.4, -0.2) is 25.1 Å². The molecule has 0 fully saturated rings. The van der Waals surface area contributed by atoms with Crippen LogP contribution >= 0.6 is 0 Å². The van der Waals surface area contributed by atoms with E-state index in [4.69, 9.17) is 4.74 Å². The summed E-state index contributed by atoms with van der Waals surface area (Å²) in [5.74, 6) is -1.86. The molecule has 0 bridgehead atoms. The molecule has 0 saturated carbocycles. The molecule has 0 aliphatic heterocycles. The normalized spacial score (nSPS) is 11.3. The molecule has 142 valence electrons. The molecule has 0 aromatic heterocycles. The van der Waals surface area contributed by atoms with Gasteiger partial charge >= 0.3 is 12.1 Å². The molecular weight excluding hydrogens is 361 g/mol. The molecule has 8 heteroatoms. The number of ether oxygens (including phenoxy) is 1. The van der Waals surface area contributed by atoms with Crippen molar-refractivity contribution in [2.45, 2.75) is 12.7 Å². The molecule has 2 amide bonds. The number of methoxy groups -OCH3 is 1. The number of nitrogens with one attached hydrogen (secondary N) is 2. The van der Waals surface area contributed by atoms with Crippen LogP contribution in [0.4, 0.5) is 18.9 Å². The number of benzene rings is 2. The number of carbonyl (C=O) groups excluding carboxylic acids is 2. The molecular formula is C19H17F3N2O3. The lowest BCUT2D eigenvalue weighted by Crippen LogP contribution is -2.30. The first-order chi connectivity index (χ1) is 12.8. The summed E-state index contributed by atoms with van der Waals surface area (Å²) in [5.41, 5.74) is 1.08. The van der Waals surface area contributed by atoms with Gasteiger partial charge in [-0.2, -0.15) is 13.2 Å². The molecule has 2 aromatic carbocycles. The van der Waals surface area contributed by atoms with E-state index in [2.05, 4.69) is 5.32 Å². The highest BCUT2D eigenvalue weighted by Crippen LogP contribution is 2.21. The standard InChI is InChI=1S/C19H17F3N2O3/c1-27-15-7-4-5-13(11-15)9-10-17(25)23-12-14-6-2-3-8-16(14)24-18(26)19(20,21)22/h2-11H,12H2,1H3,(H,23,25)(H,24,26)/b10-9+.